The Labute approximate surface area is 169 Å². The molecule has 0 aromatic heterocycles. The molecule has 1 aliphatic heterocycles. The molecule has 0 aliphatic carbocycles. The van der Waals surface area contributed by atoms with E-state index in [-0.39, 0.29) is 30.0 Å². The maximum atomic E-state index is 12.8. The number of hydrogen-bond donors (Lipinski definition) is 1. The Morgan fingerprint density at radius 2 is 2.04 bits per heavy atom. The van der Waals surface area contributed by atoms with Gasteiger partial charge in [0, 0.05) is 43.2 Å². The first-order chi connectivity index (χ1) is 12.5. The highest BCUT2D eigenvalue weighted by atomic mass is 35.5. The first-order valence-electron chi connectivity index (χ1n) is 8.53. The van der Waals surface area contributed by atoms with Crippen molar-refractivity contribution in [1.29, 1.82) is 0 Å². The average Bonchev–Trinajstić information content (AvgIpc) is 2.66. The molecule has 1 atom stereocenters. The number of carbonyl (C=O) groups is 1. The second-order valence-electron chi connectivity index (χ2n) is 6.29. The Morgan fingerprint density at radius 3 is 2.78 bits per heavy atom. The summed E-state index contributed by atoms with van der Waals surface area (Å²) in [5.41, 5.74) is 1.85. The molecule has 1 aliphatic rings. The molecule has 27 heavy (non-hydrogen) atoms. The molecule has 0 saturated carbocycles. The van der Waals surface area contributed by atoms with Gasteiger partial charge < -0.3 is 10.2 Å². The summed E-state index contributed by atoms with van der Waals surface area (Å²) in [6.07, 6.45) is 0.797. The second kappa shape index (κ2) is 9.69. The third-order valence-electron chi connectivity index (χ3n) is 4.55. The first kappa shape index (κ1) is 21.2. The molecule has 1 unspecified atom stereocenters. The van der Waals surface area contributed by atoms with Gasteiger partial charge in [-0.3, -0.25) is 14.9 Å². The van der Waals surface area contributed by atoms with Crippen LogP contribution in [0.1, 0.15) is 23.6 Å². The van der Waals surface area contributed by atoms with E-state index in [1.807, 2.05) is 35.2 Å². The summed E-state index contributed by atoms with van der Waals surface area (Å²) in [5.74, 6) is 0.0444. The van der Waals surface area contributed by atoms with E-state index in [1.54, 1.807) is 6.07 Å². The number of nitro groups is 1. The van der Waals surface area contributed by atoms with E-state index in [9.17, 15) is 14.9 Å². The van der Waals surface area contributed by atoms with E-state index in [0.717, 1.165) is 17.7 Å². The van der Waals surface area contributed by atoms with E-state index in [4.69, 9.17) is 11.6 Å². The van der Waals surface area contributed by atoms with Crippen molar-refractivity contribution in [1.82, 2.24) is 10.2 Å². The van der Waals surface area contributed by atoms with Crippen LogP contribution in [-0.4, -0.2) is 35.4 Å². The molecule has 144 valence electrons. The molecule has 1 amide bonds. The number of amides is 1. The van der Waals surface area contributed by atoms with Gasteiger partial charge in [-0.2, -0.15) is 0 Å². The predicted octanol–water partition coefficient (Wildman–Crippen LogP) is 3.78. The number of halogens is 2. The van der Waals surface area contributed by atoms with Crippen LogP contribution >= 0.6 is 24.0 Å². The minimum Gasteiger partial charge on any atom is -0.333 e. The zero-order chi connectivity index (χ0) is 18.5. The van der Waals surface area contributed by atoms with Crippen LogP contribution in [0.5, 0.6) is 0 Å². The van der Waals surface area contributed by atoms with Crippen LogP contribution in [0.4, 0.5) is 5.69 Å². The molecule has 2 aromatic carbocycles. The maximum absolute atomic E-state index is 12.8. The van der Waals surface area contributed by atoms with Crippen molar-refractivity contribution in [2.45, 2.75) is 18.9 Å². The van der Waals surface area contributed by atoms with Crippen LogP contribution in [0.3, 0.4) is 0 Å². The fraction of sp³-hybridized carbons (Fsp3) is 0.316. The van der Waals surface area contributed by atoms with Gasteiger partial charge in [-0.15, -0.1) is 12.4 Å². The van der Waals surface area contributed by atoms with E-state index in [1.165, 1.54) is 12.1 Å². The predicted molar refractivity (Wildman–Crippen MR) is 107 cm³/mol. The Morgan fingerprint density at radius 1 is 1.26 bits per heavy atom. The van der Waals surface area contributed by atoms with Crippen LogP contribution in [0.15, 0.2) is 48.5 Å². The highest BCUT2D eigenvalue weighted by molar-refractivity contribution is 6.30. The van der Waals surface area contributed by atoms with Crippen molar-refractivity contribution >= 4 is 35.6 Å². The molecular weight excluding hydrogens is 389 g/mol. The van der Waals surface area contributed by atoms with Crippen molar-refractivity contribution in [3.05, 3.63) is 74.8 Å². The zero-order valence-corrected chi connectivity index (χ0v) is 16.2. The third kappa shape index (κ3) is 5.42. The van der Waals surface area contributed by atoms with Crippen LogP contribution in [-0.2, 0) is 11.2 Å². The largest absolute Gasteiger partial charge is 0.333 e. The van der Waals surface area contributed by atoms with Gasteiger partial charge in [0.05, 0.1) is 11.0 Å². The Hall–Kier alpha value is -2.15. The minimum atomic E-state index is -0.420. The lowest BCUT2D eigenvalue weighted by molar-refractivity contribution is -0.384. The van der Waals surface area contributed by atoms with E-state index >= 15 is 0 Å². The number of benzene rings is 2. The topological polar surface area (TPSA) is 75.5 Å². The van der Waals surface area contributed by atoms with Gasteiger partial charge in [-0.1, -0.05) is 35.9 Å². The Bertz CT molecular complexity index is 816. The fourth-order valence-electron chi connectivity index (χ4n) is 3.23. The number of hydrogen-bond acceptors (Lipinski definition) is 4. The number of nitrogens with one attached hydrogen (secondary N) is 1. The number of nitrogens with zero attached hydrogens (tertiary/aromatic N) is 2. The molecular formula is C19H21Cl2N3O3. The molecule has 0 radical (unpaired) electrons. The molecule has 1 fully saturated rings. The highest BCUT2D eigenvalue weighted by Crippen LogP contribution is 2.25. The monoisotopic (exact) mass is 409 g/mol. The molecule has 1 heterocycles. The van der Waals surface area contributed by atoms with Gasteiger partial charge in [0.2, 0.25) is 5.91 Å². The molecule has 6 nitrogen and oxygen atoms in total. The van der Waals surface area contributed by atoms with E-state index in [0.29, 0.717) is 31.0 Å². The van der Waals surface area contributed by atoms with Crippen molar-refractivity contribution in [2.24, 2.45) is 0 Å². The van der Waals surface area contributed by atoms with Gasteiger partial charge in [-0.05, 0) is 29.7 Å². The molecule has 2 aromatic rings. The Kier molecular flexibility index (Phi) is 7.59. The summed E-state index contributed by atoms with van der Waals surface area (Å²) in [6, 6.07) is 14.0. The lowest BCUT2D eigenvalue weighted by atomic mass is 10.0. The zero-order valence-electron chi connectivity index (χ0n) is 14.6. The molecule has 1 saturated heterocycles. The summed E-state index contributed by atoms with van der Waals surface area (Å²) in [7, 11) is 0. The van der Waals surface area contributed by atoms with Crippen LogP contribution in [0, 0.1) is 10.1 Å². The molecule has 0 bridgehead atoms. The van der Waals surface area contributed by atoms with Gasteiger partial charge in [0.25, 0.3) is 5.69 Å². The second-order valence-corrected chi connectivity index (χ2v) is 6.73. The first-order valence-corrected chi connectivity index (χ1v) is 8.91. The molecule has 0 spiro atoms. The number of carbonyl (C=O) groups excluding carboxylic acids is 1. The van der Waals surface area contributed by atoms with Crippen molar-refractivity contribution in [3.8, 4) is 0 Å². The number of rotatable bonds is 5. The SMILES string of the molecule is Cl.O=C(CCc1cccc([N+](=O)[O-])c1)N1CCNCC1c1cccc(Cl)c1. The summed E-state index contributed by atoms with van der Waals surface area (Å²) < 4.78 is 0. The third-order valence-corrected chi connectivity index (χ3v) is 4.78. The summed E-state index contributed by atoms with van der Waals surface area (Å²) in [5, 5.41) is 14.8. The normalized spacial score (nSPS) is 16.5. The van der Waals surface area contributed by atoms with Gasteiger partial charge >= 0.3 is 0 Å². The average molecular weight is 410 g/mol. The maximum Gasteiger partial charge on any atom is 0.269 e. The van der Waals surface area contributed by atoms with Crippen molar-refractivity contribution in [2.75, 3.05) is 19.6 Å². The lowest BCUT2D eigenvalue weighted by Gasteiger charge is -2.36. The number of piperazine rings is 1. The summed E-state index contributed by atoms with van der Waals surface area (Å²) in [6.45, 7) is 2.06. The van der Waals surface area contributed by atoms with Crippen LogP contribution in [0.2, 0.25) is 5.02 Å². The fourth-order valence-corrected chi connectivity index (χ4v) is 3.43. The summed E-state index contributed by atoms with van der Waals surface area (Å²) >= 11 is 6.09. The van der Waals surface area contributed by atoms with E-state index < -0.39 is 4.92 Å². The van der Waals surface area contributed by atoms with Gasteiger partial charge in [-0.25, -0.2) is 0 Å². The van der Waals surface area contributed by atoms with Gasteiger partial charge in [0.15, 0.2) is 0 Å². The van der Waals surface area contributed by atoms with Crippen LogP contribution < -0.4 is 5.32 Å². The number of non-ortho nitro benzene ring substituents is 1. The molecule has 3 rings (SSSR count). The molecule has 8 heteroatoms. The smallest absolute Gasteiger partial charge is 0.269 e. The minimum absolute atomic E-state index is 0. The highest BCUT2D eigenvalue weighted by Gasteiger charge is 2.27. The van der Waals surface area contributed by atoms with Gasteiger partial charge in [0.1, 0.15) is 0 Å². The van der Waals surface area contributed by atoms with Crippen molar-refractivity contribution < 1.29 is 9.72 Å². The molecule has 1 N–H and O–H groups in total. The Balaban J connectivity index is 0.00000261. The standard InChI is InChI=1S/C19H20ClN3O3.ClH/c20-16-5-2-4-15(12-16)18-13-21-9-10-22(18)19(24)8-7-14-3-1-6-17(11-14)23(25)26;/h1-6,11-12,18,21H,7-10,13H2;1H. The van der Waals surface area contributed by atoms with Crippen LogP contribution in [0.25, 0.3) is 0 Å². The van der Waals surface area contributed by atoms with E-state index in [2.05, 4.69) is 5.32 Å². The lowest BCUT2D eigenvalue weighted by Crippen LogP contribution is -2.48. The summed E-state index contributed by atoms with van der Waals surface area (Å²) in [4.78, 5) is 25.1. The quantitative estimate of drug-likeness (QED) is 0.602. The number of aryl methyl sites for hydroxylation is 1. The van der Waals surface area contributed by atoms with Crippen molar-refractivity contribution in [3.63, 3.8) is 0 Å². The number of nitro benzene ring substituents is 1.